The molecule has 6 nitrogen and oxygen atoms in total. The second kappa shape index (κ2) is 8.68. The van der Waals surface area contributed by atoms with Crippen LogP contribution >= 0.6 is 27.3 Å². The molecule has 0 unspecified atom stereocenters. The SMILES string of the molecule is O=C(Cc1cnc(NC(=O)Cc2cccnc2)s1)Nc1ccc(Br)cc1. The Morgan fingerprint density at radius 3 is 2.50 bits per heavy atom. The highest BCUT2D eigenvalue weighted by Gasteiger charge is 2.11. The molecule has 2 amide bonds. The molecule has 1 aromatic carbocycles. The minimum absolute atomic E-state index is 0.135. The van der Waals surface area contributed by atoms with Gasteiger partial charge >= 0.3 is 0 Å². The Morgan fingerprint density at radius 1 is 1.00 bits per heavy atom. The largest absolute Gasteiger partial charge is 0.326 e. The van der Waals surface area contributed by atoms with Crippen molar-refractivity contribution in [2.75, 3.05) is 10.6 Å². The summed E-state index contributed by atoms with van der Waals surface area (Å²) in [5.74, 6) is -0.303. The number of carbonyl (C=O) groups is 2. The molecule has 0 atom stereocenters. The van der Waals surface area contributed by atoms with Crippen LogP contribution in [0, 0.1) is 0 Å². The second-order valence-electron chi connectivity index (χ2n) is 5.45. The van der Waals surface area contributed by atoms with Crippen molar-refractivity contribution in [2.45, 2.75) is 12.8 Å². The molecule has 0 aliphatic rings. The quantitative estimate of drug-likeness (QED) is 0.624. The first-order chi connectivity index (χ1) is 12.6. The molecule has 2 heterocycles. The lowest BCUT2D eigenvalue weighted by molar-refractivity contribution is -0.116. The zero-order valence-corrected chi connectivity index (χ0v) is 16.0. The van der Waals surface area contributed by atoms with Crippen molar-refractivity contribution in [1.29, 1.82) is 0 Å². The summed E-state index contributed by atoms with van der Waals surface area (Å²) in [5, 5.41) is 6.05. The molecule has 0 saturated heterocycles. The molecule has 2 N–H and O–H groups in total. The first kappa shape index (κ1) is 18.2. The van der Waals surface area contributed by atoms with Gasteiger partial charge in [0.05, 0.1) is 12.8 Å². The molecule has 0 fully saturated rings. The van der Waals surface area contributed by atoms with E-state index in [-0.39, 0.29) is 24.7 Å². The Hall–Kier alpha value is -2.58. The van der Waals surface area contributed by atoms with Crippen LogP contribution in [-0.4, -0.2) is 21.8 Å². The molecule has 3 rings (SSSR count). The van der Waals surface area contributed by atoms with Crippen LogP contribution < -0.4 is 10.6 Å². The fraction of sp³-hybridized carbons (Fsp3) is 0.111. The molecule has 0 saturated carbocycles. The van der Waals surface area contributed by atoms with Gasteiger partial charge in [0, 0.05) is 33.6 Å². The van der Waals surface area contributed by atoms with E-state index in [9.17, 15) is 9.59 Å². The summed E-state index contributed by atoms with van der Waals surface area (Å²) in [6, 6.07) is 11.0. The Labute approximate surface area is 162 Å². The summed E-state index contributed by atoms with van der Waals surface area (Å²) < 4.78 is 0.949. The van der Waals surface area contributed by atoms with Gasteiger partial charge in [-0.05, 0) is 35.9 Å². The average Bonchev–Trinajstić information content (AvgIpc) is 3.04. The molecule has 0 aliphatic heterocycles. The zero-order chi connectivity index (χ0) is 18.4. The molecular formula is C18H15BrN4O2S. The Morgan fingerprint density at radius 2 is 1.77 bits per heavy atom. The maximum absolute atomic E-state index is 12.1. The molecule has 26 heavy (non-hydrogen) atoms. The number of thiazole rings is 1. The molecule has 132 valence electrons. The molecule has 0 spiro atoms. The van der Waals surface area contributed by atoms with E-state index in [2.05, 4.69) is 36.5 Å². The van der Waals surface area contributed by atoms with Crippen molar-refractivity contribution >= 4 is 49.9 Å². The van der Waals surface area contributed by atoms with E-state index < -0.39 is 0 Å². The predicted molar refractivity (Wildman–Crippen MR) is 105 cm³/mol. The van der Waals surface area contributed by atoms with E-state index in [1.54, 1.807) is 24.7 Å². The minimum atomic E-state index is -0.168. The maximum Gasteiger partial charge on any atom is 0.230 e. The lowest BCUT2D eigenvalue weighted by atomic mass is 10.2. The van der Waals surface area contributed by atoms with Gasteiger partial charge in [0.15, 0.2) is 5.13 Å². The highest BCUT2D eigenvalue weighted by Crippen LogP contribution is 2.20. The summed E-state index contributed by atoms with van der Waals surface area (Å²) in [7, 11) is 0. The summed E-state index contributed by atoms with van der Waals surface area (Å²) in [6.07, 6.45) is 5.34. The van der Waals surface area contributed by atoms with Gasteiger partial charge in [-0.15, -0.1) is 11.3 Å². The van der Waals surface area contributed by atoms with Gasteiger partial charge in [-0.2, -0.15) is 0 Å². The van der Waals surface area contributed by atoms with E-state index in [4.69, 9.17) is 0 Å². The zero-order valence-electron chi connectivity index (χ0n) is 13.6. The number of pyridine rings is 1. The number of amides is 2. The molecule has 2 aromatic heterocycles. The van der Waals surface area contributed by atoms with E-state index >= 15 is 0 Å². The summed E-state index contributed by atoms with van der Waals surface area (Å²) >= 11 is 4.64. The number of rotatable bonds is 6. The fourth-order valence-electron chi connectivity index (χ4n) is 2.20. The van der Waals surface area contributed by atoms with Crippen molar-refractivity contribution in [3.8, 4) is 0 Å². The summed E-state index contributed by atoms with van der Waals surface area (Å²) in [4.78, 5) is 33.0. The van der Waals surface area contributed by atoms with Crippen molar-refractivity contribution in [1.82, 2.24) is 9.97 Å². The van der Waals surface area contributed by atoms with Gasteiger partial charge in [0.1, 0.15) is 0 Å². The lowest BCUT2D eigenvalue weighted by Gasteiger charge is -2.04. The molecule has 3 aromatic rings. The number of anilines is 2. The average molecular weight is 431 g/mol. The van der Waals surface area contributed by atoms with Crippen molar-refractivity contribution in [3.05, 3.63) is 69.9 Å². The third-order valence-electron chi connectivity index (χ3n) is 3.35. The Bertz CT molecular complexity index is 897. The molecule has 8 heteroatoms. The molecule has 0 aliphatic carbocycles. The minimum Gasteiger partial charge on any atom is -0.326 e. The second-order valence-corrected chi connectivity index (χ2v) is 7.48. The third kappa shape index (κ3) is 5.47. The van der Waals surface area contributed by atoms with Gasteiger partial charge < -0.3 is 10.6 Å². The number of halogens is 1. The van der Waals surface area contributed by atoms with Crippen molar-refractivity contribution < 1.29 is 9.59 Å². The van der Waals surface area contributed by atoms with Crippen LogP contribution in [0.2, 0.25) is 0 Å². The van der Waals surface area contributed by atoms with Gasteiger partial charge in [-0.1, -0.05) is 22.0 Å². The number of hydrogen-bond donors (Lipinski definition) is 2. The normalized spacial score (nSPS) is 10.3. The molecule has 0 radical (unpaired) electrons. The van der Waals surface area contributed by atoms with Crippen LogP contribution in [0.5, 0.6) is 0 Å². The van der Waals surface area contributed by atoms with Gasteiger partial charge in [-0.3, -0.25) is 14.6 Å². The van der Waals surface area contributed by atoms with Crippen molar-refractivity contribution in [3.63, 3.8) is 0 Å². The van der Waals surface area contributed by atoms with Gasteiger partial charge in [0.25, 0.3) is 0 Å². The molecule has 0 bridgehead atoms. The first-order valence-corrected chi connectivity index (χ1v) is 9.38. The van der Waals surface area contributed by atoms with E-state index in [1.807, 2.05) is 30.3 Å². The number of hydrogen-bond acceptors (Lipinski definition) is 5. The Balaban J connectivity index is 1.51. The Kier molecular flexibility index (Phi) is 6.08. The van der Waals surface area contributed by atoms with Crippen LogP contribution in [0.15, 0.2) is 59.5 Å². The van der Waals surface area contributed by atoms with E-state index in [0.717, 1.165) is 20.6 Å². The van der Waals surface area contributed by atoms with Crippen LogP contribution in [0.3, 0.4) is 0 Å². The highest BCUT2D eigenvalue weighted by molar-refractivity contribution is 9.10. The van der Waals surface area contributed by atoms with Gasteiger partial charge in [-0.25, -0.2) is 4.98 Å². The summed E-state index contributed by atoms with van der Waals surface area (Å²) in [6.45, 7) is 0. The number of aromatic nitrogens is 2. The fourth-order valence-corrected chi connectivity index (χ4v) is 3.29. The van der Waals surface area contributed by atoms with E-state index in [1.165, 1.54) is 11.3 Å². The van der Waals surface area contributed by atoms with Crippen molar-refractivity contribution in [2.24, 2.45) is 0 Å². The third-order valence-corrected chi connectivity index (χ3v) is 4.79. The lowest BCUT2D eigenvalue weighted by Crippen LogP contribution is -2.14. The summed E-state index contributed by atoms with van der Waals surface area (Å²) in [5.41, 5.74) is 1.56. The molecular weight excluding hydrogens is 416 g/mol. The van der Waals surface area contributed by atoms with Crippen LogP contribution in [0.25, 0.3) is 0 Å². The van der Waals surface area contributed by atoms with E-state index in [0.29, 0.717) is 5.13 Å². The smallest absolute Gasteiger partial charge is 0.230 e. The maximum atomic E-state index is 12.1. The van der Waals surface area contributed by atoms with Gasteiger partial charge in [0.2, 0.25) is 11.8 Å². The van der Waals surface area contributed by atoms with Crippen LogP contribution in [0.1, 0.15) is 10.4 Å². The number of nitrogens with zero attached hydrogens (tertiary/aromatic N) is 2. The number of benzene rings is 1. The standard InChI is InChI=1S/C18H15BrN4O2S/c19-13-3-5-14(6-4-13)22-17(25)9-15-11-21-18(26-15)23-16(24)8-12-2-1-7-20-10-12/h1-7,10-11H,8-9H2,(H,22,25)(H,21,23,24). The topological polar surface area (TPSA) is 84.0 Å². The number of carbonyl (C=O) groups excluding carboxylic acids is 2. The van der Waals surface area contributed by atoms with Crippen LogP contribution in [-0.2, 0) is 22.4 Å². The van der Waals surface area contributed by atoms with Crippen LogP contribution in [0.4, 0.5) is 10.8 Å². The first-order valence-electron chi connectivity index (χ1n) is 7.77. The monoisotopic (exact) mass is 430 g/mol. The highest BCUT2D eigenvalue weighted by atomic mass is 79.9. The number of nitrogens with one attached hydrogen (secondary N) is 2. The predicted octanol–water partition coefficient (Wildman–Crippen LogP) is 3.66.